The second-order valence-electron chi connectivity index (χ2n) is 9.26. The van der Waals surface area contributed by atoms with Crippen LogP contribution in [0.15, 0.2) is 0 Å². The third kappa shape index (κ3) is 18.5. The summed E-state index contributed by atoms with van der Waals surface area (Å²) >= 11 is 0. The largest absolute Gasteiger partial charge is 0.481 e. The van der Waals surface area contributed by atoms with E-state index in [1.807, 2.05) is 13.8 Å². The van der Waals surface area contributed by atoms with Crippen molar-refractivity contribution in [1.29, 1.82) is 0 Å². The van der Waals surface area contributed by atoms with Crippen molar-refractivity contribution < 1.29 is 19.5 Å². The van der Waals surface area contributed by atoms with Gasteiger partial charge in [0.15, 0.2) is 0 Å². The Morgan fingerprint density at radius 2 is 1.09 bits per heavy atom. The summed E-state index contributed by atoms with van der Waals surface area (Å²) in [5.74, 6) is -1.30. The molecule has 0 aromatic heterocycles. The van der Waals surface area contributed by atoms with E-state index in [-0.39, 0.29) is 24.7 Å². The predicted octanol–water partition coefficient (Wildman–Crippen LogP) is 6.47. The van der Waals surface area contributed by atoms with Crippen LogP contribution in [0.4, 0.5) is 0 Å². The highest BCUT2D eigenvalue weighted by Crippen LogP contribution is 2.14. The average Bonchev–Trinajstić information content (AvgIpc) is 2.79. The highest BCUT2D eigenvalue weighted by Gasteiger charge is 2.24. The number of nitrogens with one attached hydrogen (secondary N) is 1. The Bertz CT molecular complexity index is 506. The molecule has 0 rings (SSSR count). The van der Waals surface area contributed by atoms with E-state index in [9.17, 15) is 14.4 Å². The number of carboxylic acids is 1. The molecule has 0 aliphatic rings. The number of unbranched alkanes of at least 4 members (excludes halogenated alkanes) is 14. The summed E-state index contributed by atoms with van der Waals surface area (Å²) in [6.45, 7) is 7.12. The molecule has 2 N–H and O–H groups in total. The third-order valence-electron chi connectivity index (χ3n) is 6.36. The Morgan fingerprint density at radius 1 is 0.667 bits per heavy atom. The van der Waals surface area contributed by atoms with Gasteiger partial charge >= 0.3 is 5.97 Å². The van der Waals surface area contributed by atoms with Gasteiger partial charge in [-0.1, -0.05) is 96.8 Å². The summed E-state index contributed by atoms with van der Waals surface area (Å²) in [6.07, 6.45) is 19.6. The van der Waals surface area contributed by atoms with Crippen molar-refractivity contribution in [2.45, 2.75) is 142 Å². The quantitative estimate of drug-likeness (QED) is 0.168. The van der Waals surface area contributed by atoms with E-state index < -0.39 is 12.0 Å². The van der Waals surface area contributed by atoms with Crippen LogP contribution in [0.1, 0.15) is 136 Å². The smallest absolute Gasteiger partial charge is 0.303 e. The molecular formula is C27H52N2O4. The molecule has 6 nitrogen and oxygen atoms in total. The molecule has 1 atom stereocenters. The Balaban J connectivity index is 3.82. The van der Waals surface area contributed by atoms with Gasteiger partial charge in [-0.2, -0.15) is 0 Å². The number of carbonyl (C=O) groups excluding carboxylic acids is 2. The number of hydrogen-bond acceptors (Lipinski definition) is 3. The van der Waals surface area contributed by atoms with Crippen LogP contribution in [-0.2, 0) is 14.4 Å². The molecule has 0 saturated carbocycles. The topological polar surface area (TPSA) is 86.7 Å². The molecule has 0 heterocycles. The van der Waals surface area contributed by atoms with E-state index in [1.165, 1.54) is 77.0 Å². The van der Waals surface area contributed by atoms with E-state index in [2.05, 4.69) is 12.2 Å². The molecule has 33 heavy (non-hydrogen) atoms. The highest BCUT2D eigenvalue weighted by molar-refractivity contribution is 5.88. The van der Waals surface area contributed by atoms with Crippen LogP contribution in [0, 0.1) is 0 Å². The molecule has 0 aliphatic heterocycles. The van der Waals surface area contributed by atoms with Gasteiger partial charge in [0.2, 0.25) is 11.8 Å². The van der Waals surface area contributed by atoms with Gasteiger partial charge < -0.3 is 15.3 Å². The lowest BCUT2D eigenvalue weighted by Crippen LogP contribution is -2.48. The molecule has 0 spiro atoms. The fourth-order valence-electron chi connectivity index (χ4n) is 4.20. The maximum atomic E-state index is 12.6. The summed E-state index contributed by atoms with van der Waals surface area (Å²) in [5.41, 5.74) is 0. The second-order valence-corrected chi connectivity index (χ2v) is 9.26. The number of likely N-dealkylation sites (N-methyl/N-ethyl adjacent to an activating group) is 1. The van der Waals surface area contributed by atoms with Gasteiger partial charge in [-0.05, 0) is 26.7 Å². The van der Waals surface area contributed by atoms with Crippen molar-refractivity contribution in [2.75, 3.05) is 13.1 Å². The molecule has 0 unspecified atom stereocenters. The summed E-state index contributed by atoms with van der Waals surface area (Å²) in [5, 5.41) is 11.7. The van der Waals surface area contributed by atoms with Gasteiger partial charge in [0.05, 0.1) is 0 Å². The number of amides is 2. The molecule has 0 aliphatic carbocycles. The molecule has 0 fully saturated rings. The molecular weight excluding hydrogens is 416 g/mol. The monoisotopic (exact) mass is 468 g/mol. The van der Waals surface area contributed by atoms with E-state index in [1.54, 1.807) is 4.90 Å². The Kier molecular flexibility index (Phi) is 21.1. The van der Waals surface area contributed by atoms with Crippen LogP contribution in [0.5, 0.6) is 0 Å². The number of carboxylic acid groups (broad SMARTS) is 1. The number of carbonyl (C=O) groups is 3. The van der Waals surface area contributed by atoms with Crippen molar-refractivity contribution in [3.8, 4) is 0 Å². The van der Waals surface area contributed by atoms with Gasteiger partial charge in [-0.3, -0.25) is 14.4 Å². The molecule has 6 heteroatoms. The average molecular weight is 469 g/mol. The Labute approximate surface area is 203 Å². The Hall–Kier alpha value is -1.59. The number of hydrogen-bond donors (Lipinski definition) is 2. The molecule has 2 amide bonds. The summed E-state index contributed by atoms with van der Waals surface area (Å²) < 4.78 is 0. The van der Waals surface area contributed by atoms with E-state index in [0.717, 1.165) is 19.3 Å². The Morgan fingerprint density at radius 3 is 1.48 bits per heavy atom. The molecule has 0 saturated heterocycles. The van der Waals surface area contributed by atoms with Crippen LogP contribution in [0.2, 0.25) is 0 Å². The van der Waals surface area contributed by atoms with Crippen LogP contribution in [0.25, 0.3) is 0 Å². The number of rotatable bonds is 23. The normalized spacial score (nSPS) is 11.8. The third-order valence-corrected chi connectivity index (χ3v) is 6.36. The van der Waals surface area contributed by atoms with Crippen molar-refractivity contribution in [2.24, 2.45) is 0 Å². The predicted molar refractivity (Wildman–Crippen MR) is 136 cm³/mol. The number of aliphatic carboxylic acids is 1. The van der Waals surface area contributed by atoms with E-state index >= 15 is 0 Å². The summed E-state index contributed by atoms with van der Waals surface area (Å²) in [6, 6.07) is -0.746. The lowest BCUT2D eigenvalue weighted by atomic mass is 10.0. The van der Waals surface area contributed by atoms with Crippen LogP contribution in [0.3, 0.4) is 0 Å². The number of nitrogens with zero attached hydrogens (tertiary/aromatic N) is 1. The lowest BCUT2D eigenvalue weighted by molar-refractivity contribution is -0.139. The fourth-order valence-corrected chi connectivity index (χ4v) is 4.20. The lowest BCUT2D eigenvalue weighted by Gasteiger charge is -2.25. The van der Waals surface area contributed by atoms with Crippen LogP contribution in [-0.4, -0.2) is 46.9 Å². The van der Waals surface area contributed by atoms with Crippen LogP contribution < -0.4 is 5.32 Å². The molecule has 0 aromatic rings. The fraction of sp³-hybridized carbons (Fsp3) is 0.889. The van der Waals surface area contributed by atoms with Gasteiger partial charge in [0, 0.05) is 25.9 Å². The first-order valence-corrected chi connectivity index (χ1v) is 13.8. The van der Waals surface area contributed by atoms with E-state index in [0.29, 0.717) is 19.5 Å². The van der Waals surface area contributed by atoms with Gasteiger partial charge in [-0.25, -0.2) is 0 Å². The maximum Gasteiger partial charge on any atom is 0.303 e. The molecule has 194 valence electrons. The SMILES string of the molecule is CCCCCCCCCCCCCCCCCC(=O)N[C@@H](CCC(=O)O)C(=O)N(CC)CC. The zero-order chi connectivity index (χ0) is 24.7. The van der Waals surface area contributed by atoms with Gasteiger partial charge in [-0.15, -0.1) is 0 Å². The first-order valence-electron chi connectivity index (χ1n) is 13.8. The van der Waals surface area contributed by atoms with Crippen LogP contribution >= 0.6 is 0 Å². The van der Waals surface area contributed by atoms with Crippen molar-refractivity contribution >= 4 is 17.8 Å². The van der Waals surface area contributed by atoms with Crippen molar-refractivity contribution in [3.05, 3.63) is 0 Å². The maximum absolute atomic E-state index is 12.6. The van der Waals surface area contributed by atoms with E-state index in [4.69, 9.17) is 5.11 Å². The zero-order valence-electron chi connectivity index (χ0n) is 21.8. The summed E-state index contributed by atoms with van der Waals surface area (Å²) in [4.78, 5) is 37.4. The molecule has 0 radical (unpaired) electrons. The minimum absolute atomic E-state index is 0.128. The highest BCUT2D eigenvalue weighted by atomic mass is 16.4. The zero-order valence-corrected chi connectivity index (χ0v) is 21.8. The van der Waals surface area contributed by atoms with Gasteiger partial charge in [0.1, 0.15) is 6.04 Å². The molecule has 0 aromatic carbocycles. The summed E-state index contributed by atoms with van der Waals surface area (Å²) in [7, 11) is 0. The second kappa shape index (κ2) is 22.2. The standard InChI is InChI=1S/C27H52N2O4/c1-4-7-8-9-10-11-12-13-14-15-16-17-18-19-20-21-25(30)28-24(22-23-26(31)32)27(33)29(5-2)6-3/h24H,4-23H2,1-3H3,(H,28,30)(H,31,32)/t24-/m0/s1. The molecule has 0 bridgehead atoms. The van der Waals surface area contributed by atoms with Crippen molar-refractivity contribution in [1.82, 2.24) is 10.2 Å². The van der Waals surface area contributed by atoms with Crippen molar-refractivity contribution in [3.63, 3.8) is 0 Å². The first kappa shape index (κ1) is 31.4. The first-order chi connectivity index (χ1) is 16.0. The minimum Gasteiger partial charge on any atom is -0.481 e. The minimum atomic E-state index is -0.955. The van der Waals surface area contributed by atoms with Gasteiger partial charge in [0.25, 0.3) is 0 Å².